The Morgan fingerprint density at radius 3 is 2.83 bits per heavy atom. The van der Waals surface area contributed by atoms with E-state index in [2.05, 4.69) is 9.55 Å². The Balaban J connectivity index is 1.76. The number of aryl methyl sites for hydroxylation is 1. The van der Waals surface area contributed by atoms with Crippen molar-refractivity contribution in [2.45, 2.75) is 45.4 Å². The number of nitrogens with zero attached hydrogens (tertiary/aromatic N) is 3. The first-order chi connectivity index (χ1) is 11.4. The smallest absolute Gasteiger partial charge is 0.226 e. The molecule has 0 saturated heterocycles. The van der Waals surface area contributed by atoms with Gasteiger partial charge in [0.15, 0.2) is 0 Å². The van der Waals surface area contributed by atoms with Crippen LogP contribution in [0, 0.1) is 5.92 Å². The van der Waals surface area contributed by atoms with E-state index in [9.17, 15) is 9.90 Å². The Kier molecular flexibility index (Phi) is 4.71. The fraction of sp³-hybridized carbons (Fsp3) is 0.474. The molecule has 0 bridgehead atoms. The average molecular weight is 327 g/mol. The molecule has 1 atom stereocenters. The number of hydrogen-bond acceptors (Lipinski definition) is 3. The Hall–Kier alpha value is -2.14. The molecule has 5 heteroatoms. The Morgan fingerprint density at radius 2 is 2.12 bits per heavy atom. The van der Waals surface area contributed by atoms with Crippen LogP contribution in [0.5, 0.6) is 0 Å². The molecule has 1 unspecified atom stereocenters. The van der Waals surface area contributed by atoms with E-state index >= 15 is 0 Å². The second-order valence-corrected chi connectivity index (χ2v) is 7.22. The maximum Gasteiger partial charge on any atom is 0.226 e. The van der Waals surface area contributed by atoms with Gasteiger partial charge < -0.3 is 14.6 Å². The van der Waals surface area contributed by atoms with Crippen LogP contribution in [-0.4, -0.2) is 37.6 Å². The second-order valence-electron chi connectivity index (χ2n) is 7.22. The van der Waals surface area contributed by atoms with Crippen molar-refractivity contribution in [3.05, 3.63) is 54.1 Å². The number of hydrogen-bond donors (Lipinski definition) is 1. The molecule has 2 aromatic rings. The van der Waals surface area contributed by atoms with Gasteiger partial charge in [0.05, 0.1) is 5.60 Å². The molecule has 1 amide bonds. The SMILES string of the molecule is CC(C)(O)CN(Cc1ccccc1)C(=O)C1CCn2ccnc2C1. The normalized spacial score (nSPS) is 17.4. The van der Waals surface area contributed by atoms with Crippen molar-refractivity contribution in [2.75, 3.05) is 6.54 Å². The predicted molar refractivity (Wildman–Crippen MR) is 92.2 cm³/mol. The minimum atomic E-state index is -0.919. The molecule has 1 aliphatic rings. The van der Waals surface area contributed by atoms with Gasteiger partial charge in [0.2, 0.25) is 5.91 Å². The van der Waals surface area contributed by atoms with Gasteiger partial charge in [-0.15, -0.1) is 0 Å². The third-order valence-electron chi connectivity index (χ3n) is 4.40. The van der Waals surface area contributed by atoms with Crippen molar-refractivity contribution in [2.24, 2.45) is 5.92 Å². The maximum atomic E-state index is 13.1. The van der Waals surface area contributed by atoms with E-state index in [1.165, 1.54) is 0 Å². The number of rotatable bonds is 5. The van der Waals surface area contributed by atoms with E-state index < -0.39 is 5.60 Å². The number of aliphatic hydroxyl groups is 1. The lowest BCUT2D eigenvalue weighted by molar-refractivity contribution is -0.140. The summed E-state index contributed by atoms with van der Waals surface area (Å²) in [6, 6.07) is 9.93. The van der Waals surface area contributed by atoms with Gasteiger partial charge in [-0.2, -0.15) is 0 Å². The zero-order chi connectivity index (χ0) is 17.2. The summed E-state index contributed by atoms with van der Waals surface area (Å²) in [6.07, 6.45) is 5.25. The molecule has 1 aromatic heterocycles. The predicted octanol–water partition coefficient (Wildman–Crippen LogP) is 2.25. The lowest BCUT2D eigenvalue weighted by atomic mass is 9.95. The number of carbonyl (C=O) groups is 1. The van der Waals surface area contributed by atoms with Crippen LogP contribution >= 0.6 is 0 Å². The average Bonchev–Trinajstić information content (AvgIpc) is 3.01. The fourth-order valence-electron chi connectivity index (χ4n) is 3.30. The van der Waals surface area contributed by atoms with E-state index in [4.69, 9.17) is 0 Å². The highest BCUT2D eigenvalue weighted by Gasteiger charge is 2.31. The van der Waals surface area contributed by atoms with Gasteiger partial charge >= 0.3 is 0 Å². The number of carbonyl (C=O) groups excluding carboxylic acids is 1. The van der Waals surface area contributed by atoms with E-state index in [0.29, 0.717) is 19.5 Å². The molecule has 0 spiro atoms. The molecule has 0 aliphatic carbocycles. The molecule has 5 nitrogen and oxygen atoms in total. The number of aromatic nitrogens is 2. The van der Waals surface area contributed by atoms with E-state index in [1.54, 1.807) is 24.9 Å². The highest BCUT2D eigenvalue weighted by molar-refractivity contribution is 5.79. The zero-order valence-corrected chi connectivity index (χ0v) is 14.4. The van der Waals surface area contributed by atoms with Gasteiger partial charge in [-0.1, -0.05) is 30.3 Å². The minimum absolute atomic E-state index is 0.0639. The van der Waals surface area contributed by atoms with Crippen molar-refractivity contribution in [1.29, 1.82) is 0 Å². The van der Waals surface area contributed by atoms with Crippen molar-refractivity contribution in [3.8, 4) is 0 Å². The Labute approximate surface area is 142 Å². The van der Waals surface area contributed by atoms with Crippen molar-refractivity contribution < 1.29 is 9.90 Å². The van der Waals surface area contributed by atoms with Crippen LogP contribution in [0.1, 0.15) is 31.7 Å². The van der Waals surface area contributed by atoms with Crippen molar-refractivity contribution in [3.63, 3.8) is 0 Å². The summed E-state index contributed by atoms with van der Waals surface area (Å²) >= 11 is 0. The highest BCUT2D eigenvalue weighted by Crippen LogP contribution is 2.23. The molecule has 0 radical (unpaired) electrons. The highest BCUT2D eigenvalue weighted by atomic mass is 16.3. The van der Waals surface area contributed by atoms with Gasteiger partial charge in [0.1, 0.15) is 5.82 Å². The molecule has 2 heterocycles. The Morgan fingerprint density at radius 1 is 1.38 bits per heavy atom. The summed E-state index contributed by atoms with van der Waals surface area (Å²) in [5, 5.41) is 10.2. The van der Waals surface area contributed by atoms with Crippen LogP contribution in [0.4, 0.5) is 0 Å². The topological polar surface area (TPSA) is 58.4 Å². The quantitative estimate of drug-likeness (QED) is 0.916. The summed E-state index contributed by atoms with van der Waals surface area (Å²) < 4.78 is 2.11. The standard InChI is InChI=1S/C19H25N3O2/c1-19(2,24)14-22(13-15-6-4-3-5-7-15)18(23)16-8-10-21-11-9-20-17(21)12-16/h3-7,9,11,16,24H,8,10,12-14H2,1-2H3. The van der Waals surface area contributed by atoms with Crippen LogP contribution < -0.4 is 0 Å². The number of fused-ring (bicyclic) bond motifs is 1. The third-order valence-corrected chi connectivity index (χ3v) is 4.40. The van der Waals surface area contributed by atoms with Crippen LogP contribution in [0.25, 0.3) is 0 Å². The molecule has 0 saturated carbocycles. The number of benzene rings is 1. The second kappa shape index (κ2) is 6.77. The summed E-state index contributed by atoms with van der Waals surface area (Å²) in [5.41, 5.74) is 0.157. The Bertz CT molecular complexity index is 688. The summed E-state index contributed by atoms with van der Waals surface area (Å²) in [4.78, 5) is 19.2. The number of amides is 1. The monoisotopic (exact) mass is 327 g/mol. The number of imidazole rings is 1. The summed E-state index contributed by atoms with van der Waals surface area (Å²) in [5.74, 6) is 1.02. The summed E-state index contributed by atoms with van der Waals surface area (Å²) in [6.45, 7) is 5.16. The van der Waals surface area contributed by atoms with Gasteiger partial charge in [-0.3, -0.25) is 4.79 Å². The first-order valence-corrected chi connectivity index (χ1v) is 8.47. The van der Waals surface area contributed by atoms with E-state index in [-0.39, 0.29) is 11.8 Å². The fourth-order valence-corrected chi connectivity index (χ4v) is 3.30. The molecular weight excluding hydrogens is 302 g/mol. The minimum Gasteiger partial charge on any atom is -0.389 e. The molecule has 1 aliphatic heterocycles. The molecule has 128 valence electrons. The van der Waals surface area contributed by atoms with Crippen LogP contribution in [-0.2, 0) is 24.3 Å². The molecule has 0 fully saturated rings. The van der Waals surface area contributed by atoms with Crippen molar-refractivity contribution in [1.82, 2.24) is 14.5 Å². The van der Waals surface area contributed by atoms with Crippen LogP contribution in [0.15, 0.2) is 42.7 Å². The van der Waals surface area contributed by atoms with E-state index in [1.807, 2.05) is 36.5 Å². The van der Waals surface area contributed by atoms with Crippen LogP contribution in [0.2, 0.25) is 0 Å². The zero-order valence-electron chi connectivity index (χ0n) is 14.4. The van der Waals surface area contributed by atoms with E-state index in [0.717, 1.165) is 24.4 Å². The molecular formula is C19H25N3O2. The maximum absolute atomic E-state index is 13.1. The molecule has 1 aromatic carbocycles. The van der Waals surface area contributed by atoms with Crippen LogP contribution in [0.3, 0.4) is 0 Å². The largest absolute Gasteiger partial charge is 0.389 e. The van der Waals surface area contributed by atoms with Gasteiger partial charge in [-0.25, -0.2) is 4.98 Å². The molecule has 3 rings (SSSR count). The van der Waals surface area contributed by atoms with Gasteiger partial charge in [0.25, 0.3) is 0 Å². The van der Waals surface area contributed by atoms with Crippen molar-refractivity contribution >= 4 is 5.91 Å². The first kappa shape index (κ1) is 16.7. The first-order valence-electron chi connectivity index (χ1n) is 8.47. The van der Waals surface area contributed by atoms with Gasteiger partial charge in [0, 0.05) is 44.4 Å². The molecule has 24 heavy (non-hydrogen) atoms. The molecule has 1 N–H and O–H groups in total. The van der Waals surface area contributed by atoms with Gasteiger partial charge in [-0.05, 0) is 25.8 Å². The summed E-state index contributed by atoms with van der Waals surface area (Å²) in [7, 11) is 0. The lowest BCUT2D eigenvalue weighted by Gasteiger charge is -2.33. The lowest BCUT2D eigenvalue weighted by Crippen LogP contribution is -2.45. The third kappa shape index (κ3) is 4.03.